The second kappa shape index (κ2) is 7.21. The van der Waals surface area contributed by atoms with Crippen molar-refractivity contribution in [3.63, 3.8) is 0 Å². The van der Waals surface area contributed by atoms with Gasteiger partial charge in [-0.05, 0) is 35.8 Å². The van der Waals surface area contributed by atoms with Crippen LogP contribution in [0.15, 0.2) is 27.8 Å². The van der Waals surface area contributed by atoms with Crippen molar-refractivity contribution in [3.05, 3.63) is 49.7 Å². The lowest BCUT2D eigenvalue weighted by Crippen LogP contribution is -2.24. The van der Waals surface area contributed by atoms with Crippen molar-refractivity contribution < 1.29 is 14.8 Å². The van der Waals surface area contributed by atoms with E-state index in [0.29, 0.717) is 0 Å². The van der Waals surface area contributed by atoms with E-state index in [4.69, 9.17) is 0 Å². The number of hydrazone groups is 1. The highest BCUT2D eigenvalue weighted by molar-refractivity contribution is 9.10. The van der Waals surface area contributed by atoms with Crippen LogP contribution in [0.2, 0.25) is 0 Å². The Balaban J connectivity index is 2.03. The Morgan fingerprint density at radius 3 is 2.83 bits per heavy atom. The van der Waals surface area contributed by atoms with Gasteiger partial charge in [0.05, 0.1) is 27.0 Å². The van der Waals surface area contributed by atoms with Crippen molar-refractivity contribution in [2.45, 2.75) is 20.4 Å². The summed E-state index contributed by atoms with van der Waals surface area (Å²) in [6, 6.07) is 3.52. The van der Waals surface area contributed by atoms with Gasteiger partial charge in [0.2, 0.25) is 0 Å². The normalized spacial score (nSPS) is 11.0. The summed E-state index contributed by atoms with van der Waals surface area (Å²) in [5, 5.41) is 28.2. The smallest absolute Gasteiger partial charge is 0.270 e. The maximum Gasteiger partial charge on any atom is 0.270 e. The first-order chi connectivity index (χ1) is 11.3. The average Bonchev–Trinajstić information content (AvgIpc) is 2.76. The van der Waals surface area contributed by atoms with Crippen LogP contribution in [0.1, 0.15) is 17.0 Å². The van der Waals surface area contributed by atoms with Gasteiger partial charge in [-0.2, -0.15) is 10.2 Å². The number of aromatic nitrogens is 2. The molecule has 2 aromatic rings. The highest BCUT2D eigenvalue weighted by Gasteiger charge is 2.12. The largest absolute Gasteiger partial charge is 0.507 e. The summed E-state index contributed by atoms with van der Waals surface area (Å²) in [4.78, 5) is 22.0. The lowest BCUT2D eigenvalue weighted by atomic mass is 10.2. The van der Waals surface area contributed by atoms with Gasteiger partial charge < -0.3 is 5.11 Å². The number of phenols is 1. The molecule has 0 radical (unpaired) electrons. The molecule has 0 aliphatic heterocycles. The van der Waals surface area contributed by atoms with Gasteiger partial charge in [-0.1, -0.05) is 0 Å². The molecule has 1 amide bonds. The van der Waals surface area contributed by atoms with E-state index in [0.717, 1.165) is 28.1 Å². The lowest BCUT2D eigenvalue weighted by Gasteiger charge is -2.03. The molecule has 1 aromatic carbocycles. The molecule has 1 heterocycles. The molecule has 126 valence electrons. The number of non-ortho nitro benzene ring substituents is 1. The van der Waals surface area contributed by atoms with E-state index >= 15 is 0 Å². The standard InChI is InChI=1S/C14H14BrN5O4/c1-8-14(15)9(2)19(18-8)7-13(22)17-16-6-10-5-11(20(23)24)3-4-12(10)21/h3-6,21H,7H2,1-2H3,(H,17,22)/b16-6+. The molecule has 10 heteroatoms. The second-order valence-corrected chi connectivity index (χ2v) is 5.73. The van der Waals surface area contributed by atoms with Crippen LogP contribution in [0, 0.1) is 24.0 Å². The molecule has 0 spiro atoms. The first-order valence-electron chi connectivity index (χ1n) is 6.78. The monoisotopic (exact) mass is 395 g/mol. The number of nitro benzene ring substituents is 1. The number of rotatable bonds is 5. The number of carbonyl (C=O) groups excluding carboxylic acids is 1. The molecule has 9 nitrogen and oxygen atoms in total. The summed E-state index contributed by atoms with van der Waals surface area (Å²) in [5.74, 6) is -0.602. The fourth-order valence-corrected chi connectivity index (χ4v) is 2.22. The van der Waals surface area contributed by atoms with Gasteiger partial charge in [0.25, 0.3) is 11.6 Å². The van der Waals surface area contributed by atoms with E-state index in [1.54, 1.807) is 0 Å². The minimum atomic E-state index is -0.587. The first kappa shape index (κ1) is 17.6. The number of aryl methyl sites for hydroxylation is 1. The Bertz CT molecular complexity index is 831. The van der Waals surface area contributed by atoms with Crippen LogP contribution in [0.25, 0.3) is 0 Å². The maximum absolute atomic E-state index is 11.9. The molecular formula is C14H14BrN5O4. The number of nitro groups is 1. The minimum absolute atomic E-state index is 0.0312. The number of benzene rings is 1. The van der Waals surface area contributed by atoms with Crippen molar-refractivity contribution in [2.24, 2.45) is 5.10 Å². The number of aromatic hydroxyl groups is 1. The zero-order chi connectivity index (χ0) is 17.9. The molecule has 0 atom stereocenters. The Morgan fingerprint density at radius 2 is 2.25 bits per heavy atom. The number of halogens is 1. The number of amides is 1. The van der Waals surface area contributed by atoms with Gasteiger partial charge in [0.15, 0.2) is 0 Å². The predicted octanol–water partition coefficient (Wildman–Crippen LogP) is 2.03. The van der Waals surface area contributed by atoms with Crippen LogP contribution >= 0.6 is 15.9 Å². The lowest BCUT2D eigenvalue weighted by molar-refractivity contribution is -0.384. The fraction of sp³-hybridized carbons (Fsp3) is 0.214. The quantitative estimate of drug-likeness (QED) is 0.455. The Labute approximate surface area is 145 Å². The molecule has 0 bridgehead atoms. The number of nitrogens with one attached hydrogen (secondary N) is 1. The zero-order valence-electron chi connectivity index (χ0n) is 12.9. The van der Waals surface area contributed by atoms with Gasteiger partial charge in [-0.15, -0.1) is 0 Å². The van der Waals surface area contributed by atoms with Crippen LogP contribution in [0.4, 0.5) is 5.69 Å². The van der Waals surface area contributed by atoms with Crippen LogP contribution in [-0.4, -0.2) is 31.9 Å². The van der Waals surface area contributed by atoms with E-state index in [9.17, 15) is 20.0 Å². The predicted molar refractivity (Wildman–Crippen MR) is 89.9 cm³/mol. The summed E-state index contributed by atoms with van der Waals surface area (Å²) in [6.45, 7) is 3.60. The molecule has 0 aliphatic carbocycles. The summed E-state index contributed by atoms with van der Waals surface area (Å²) in [7, 11) is 0. The van der Waals surface area contributed by atoms with Crippen LogP contribution in [0.5, 0.6) is 5.75 Å². The minimum Gasteiger partial charge on any atom is -0.507 e. The average molecular weight is 396 g/mol. The topological polar surface area (TPSA) is 123 Å². The van der Waals surface area contributed by atoms with E-state index in [2.05, 4.69) is 31.6 Å². The number of nitrogens with zero attached hydrogens (tertiary/aromatic N) is 4. The molecule has 1 aromatic heterocycles. The Hall–Kier alpha value is -2.75. The molecule has 0 unspecified atom stereocenters. The van der Waals surface area contributed by atoms with Crippen molar-refractivity contribution in [1.29, 1.82) is 0 Å². The maximum atomic E-state index is 11.9. The molecule has 0 saturated carbocycles. The summed E-state index contributed by atoms with van der Waals surface area (Å²) in [6.07, 6.45) is 1.14. The molecular weight excluding hydrogens is 382 g/mol. The van der Waals surface area contributed by atoms with Crippen LogP contribution in [-0.2, 0) is 11.3 Å². The van der Waals surface area contributed by atoms with Crippen LogP contribution < -0.4 is 5.43 Å². The number of phenolic OH excluding ortho intramolecular Hbond substituents is 1. The second-order valence-electron chi connectivity index (χ2n) is 4.94. The third-order valence-electron chi connectivity index (χ3n) is 3.20. The number of hydrogen-bond acceptors (Lipinski definition) is 6. The highest BCUT2D eigenvalue weighted by atomic mass is 79.9. The van der Waals surface area contributed by atoms with Gasteiger partial charge in [-0.25, -0.2) is 5.43 Å². The summed E-state index contributed by atoms with van der Waals surface area (Å²) in [5.41, 5.74) is 3.80. The molecule has 0 fully saturated rings. The van der Waals surface area contributed by atoms with Crippen LogP contribution in [0.3, 0.4) is 0 Å². The SMILES string of the molecule is Cc1nn(CC(=O)N/N=C/c2cc([N+](=O)[O-])ccc2O)c(C)c1Br. The third-order valence-corrected chi connectivity index (χ3v) is 4.35. The first-order valence-corrected chi connectivity index (χ1v) is 7.57. The fourth-order valence-electron chi connectivity index (χ4n) is 1.93. The molecule has 0 saturated heterocycles. The van der Waals surface area contributed by atoms with Crippen molar-refractivity contribution in [1.82, 2.24) is 15.2 Å². The van der Waals surface area contributed by atoms with Gasteiger partial charge >= 0.3 is 0 Å². The van der Waals surface area contributed by atoms with Crippen molar-refractivity contribution >= 4 is 33.7 Å². The number of hydrogen-bond donors (Lipinski definition) is 2. The molecule has 0 aliphatic rings. The van der Waals surface area contributed by atoms with Gasteiger partial charge in [0.1, 0.15) is 12.3 Å². The zero-order valence-corrected chi connectivity index (χ0v) is 14.4. The summed E-state index contributed by atoms with van der Waals surface area (Å²) < 4.78 is 2.36. The van der Waals surface area contributed by atoms with Crippen molar-refractivity contribution in [3.8, 4) is 5.75 Å². The third kappa shape index (κ3) is 3.96. The Kier molecular flexibility index (Phi) is 5.29. The number of carbonyl (C=O) groups is 1. The van der Waals surface area contributed by atoms with E-state index in [1.807, 2.05) is 13.8 Å². The molecule has 2 rings (SSSR count). The van der Waals surface area contributed by atoms with E-state index in [-0.39, 0.29) is 23.5 Å². The molecule has 24 heavy (non-hydrogen) atoms. The summed E-state index contributed by atoms with van der Waals surface area (Å²) >= 11 is 3.37. The van der Waals surface area contributed by atoms with Gasteiger partial charge in [-0.3, -0.25) is 19.6 Å². The van der Waals surface area contributed by atoms with E-state index < -0.39 is 10.8 Å². The van der Waals surface area contributed by atoms with Crippen molar-refractivity contribution in [2.75, 3.05) is 0 Å². The highest BCUT2D eigenvalue weighted by Crippen LogP contribution is 2.21. The Morgan fingerprint density at radius 1 is 1.54 bits per heavy atom. The van der Waals surface area contributed by atoms with E-state index in [1.165, 1.54) is 16.8 Å². The van der Waals surface area contributed by atoms with Gasteiger partial charge in [0, 0.05) is 17.7 Å². The molecule has 2 N–H and O–H groups in total.